The average molecular weight is 293 g/mol. The van der Waals surface area contributed by atoms with E-state index < -0.39 is 5.82 Å². The summed E-state index contributed by atoms with van der Waals surface area (Å²) in [5.41, 5.74) is 2.12. The Morgan fingerprint density at radius 3 is 2.65 bits per heavy atom. The molecular formula is C16H14ClFO2. The van der Waals surface area contributed by atoms with Crippen LogP contribution in [-0.4, -0.2) is 12.9 Å². The summed E-state index contributed by atoms with van der Waals surface area (Å²) in [6.45, 7) is 1.91. The third kappa shape index (κ3) is 3.17. The van der Waals surface area contributed by atoms with Crippen molar-refractivity contribution in [3.63, 3.8) is 0 Å². The molecule has 20 heavy (non-hydrogen) atoms. The van der Waals surface area contributed by atoms with Gasteiger partial charge < -0.3 is 4.74 Å². The van der Waals surface area contributed by atoms with Gasteiger partial charge in [0.25, 0.3) is 0 Å². The summed E-state index contributed by atoms with van der Waals surface area (Å²) < 4.78 is 18.2. The van der Waals surface area contributed by atoms with Gasteiger partial charge in [-0.3, -0.25) is 4.79 Å². The van der Waals surface area contributed by atoms with E-state index in [-0.39, 0.29) is 17.2 Å². The van der Waals surface area contributed by atoms with Crippen molar-refractivity contribution < 1.29 is 13.9 Å². The summed E-state index contributed by atoms with van der Waals surface area (Å²) in [4.78, 5) is 12.2. The number of hydrogen-bond acceptors (Lipinski definition) is 2. The van der Waals surface area contributed by atoms with Crippen LogP contribution >= 0.6 is 11.6 Å². The third-order valence-corrected chi connectivity index (χ3v) is 3.45. The number of hydrogen-bond donors (Lipinski definition) is 0. The summed E-state index contributed by atoms with van der Waals surface area (Å²) in [5.74, 6) is 0.168. The number of carbonyl (C=O) groups is 1. The number of benzene rings is 2. The van der Waals surface area contributed by atoms with Crippen molar-refractivity contribution in [1.29, 1.82) is 0 Å². The second-order valence-corrected chi connectivity index (χ2v) is 4.93. The van der Waals surface area contributed by atoms with Gasteiger partial charge >= 0.3 is 0 Å². The van der Waals surface area contributed by atoms with Gasteiger partial charge in [0, 0.05) is 17.0 Å². The maximum atomic E-state index is 13.0. The lowest BCUT2D eigenvalue weighted by atomic mass is 10.0. The Labute approximate surface area is 122 Å². The maximum absolute atomic E-state index is 13.0. The lowest BCUT2D eigenvalue weighted by molar-refractivity contribution is 0.0992. The molecule has 0 amide bonds. The quantitative estimate of drug-likeness (QED) is 0.789. The lowest BCUT2D eigenvalue weighted by Gasteiger charge is -2.08. The van der Waals surface area contributed by atoms with Crippen molar-refractivity contribution in [3.8, 4) is 5.75 Å². The van der Waals surface area contributed by atoms with Crippen LogP contribution in [0.4, 0.5) is 4.39 Å². The fraction of sp³-hybridized carbons (Fsp3) is 0.188. The molecule has 0 saturated carbocycles. The van der Waals surface area contributed by atoms with Gasteiger partial charge in [0.1, 0.15) is 11.6 Å². The minimum absolute atomic E-state index is 0.0863. The molecular weight excluding hydrogens is 279 g/mol. The summed E-state index contributed by atoms with van der Waals surface area (Å²) in [6.07, 6.45) is 0.130. The van der Waals surface area contributed by atoms with Crippen molar-refractivity contribution in [2.24, 2.45) is 0 Å². The van der Waals surface area contributed by atoms with Crippen molar-refractivity contribution in [1.82, 2.24) is 0 Å². The molecule has 2 aromatic carbocycles. The van der Waals surface area contributed by atoms with E-state index in [2.05, 4.69) is 0 Å². The van der Waals surface area contributed by atoms with E-state index in [1.54, 1.807) is 19.2 Å². The fourth-order valence-corrected chi connectivity index (χ4v) is 2.17. The normalized spacial score (nSPS) is 10.4. The summed E-state index contributed by atoms with van der Waals surface area (Å²) in [6, 6.07) is 9.32. The zero-order chi connectivity index (χ0) is 14.7. The Hall–Kier alpha value is -1.87. The molecule has 0 spiro atoms. The topological polar surface area (TPSA) is 26.3 Å². The highest BCUT2D eigenvalue weighted by atomic mass is 35.5. The maximum Gasteiger partial charge on any atom is 0.167 e. The highest BCUT2D eigenvalue weighted by Gasteiger charge is 2.12. The predicted octanol–water partition coefficient (Wildman–Crippen LogP) is 4.22. The molecule has 0 radical (unpaired) electrons. The highest BCUT2D eigenvalue weighted by molar-refractivity contribution is 6.31. The number of ketones is 1. The predicted molar refractivity (Wildman–Crippen MR) is 77.2 cm³/mol. The van der Waals surface area contributed by atoms with Crippen LogP contribution in [0.1, 0.15) is 21.5 Å². The SMILES string of the molecule is COc1cc(C(=O)Cc2ccc(F)cc2Cl)ccc1C. The van der Waals surface area contributed by atoms with E-state index >= 15 is 0 Å². The molecule has 0 heterocycles. The smallest absolute Gasteiger partial charge is 0.167 e. The molecule has 4 heteroatoms. The first-order chi connectivity index (χ1) is 9.51. The Morgan fingerprint density at radius 1 is 1.25 bits per heavy atom. The van der Waals surface area contributed by atoms with Crippen molar-refractivity contribution in [3.05, 3.63) is 63.9 Å². The average Bonchev–Trinajstić information content (AvgIpc) is 2.42. The van der Waals surface area contributed by atoms with Gasteiger partial charge in [0.2, 0.25) is 0 Å². The Balaban J connectivity index is 2.24. The molecule has 0 aliphatic carbocycles. The number of aryl methyl sites for hydroxylation is 1. The second kappa shape index (κ2) is 6.06. The third-order valence-electron chi connectivity index (χ3n) is 3.10. The first-order valence-electron chi connectivity index (χ1n) is 6.13. The van der Waals surface area contributed by atoms with Crippen LogP contribution in [-0.2, 0) is 6.42 Å². The monoisotopic (exact) mass is 292 g/mol. The van der Waals surface area contributed by atoms with Crippen LogP contribution in [0.15, 0.2) is 36.4 Å². The Bertz CT molecular complexity index is 653. The minimum Gasteiger partial charge on any atom is -0.496 e. The lowest BCUT2D eigenvalue weighted by Crippen LogP contribution is -2.05. The number of Topliss-reactive ketones (excluding diaryl/α,β-unsaturated/α-hetero) is 1. The van der Waals surface area contributed by atoms with Crippen LogP contribution in [0, 0.1) is 12.7 Å². The van der Waals surface area contributed by atoms with Crippen molar-refractivity contribution in [2.75, 3.05) is 7.11 Å². The van der Waals surface area contributed by atoms with Crippen molar-refractivity contribution >= 4 is 17.4 Å². The van der Waals surface area contributed by atoms with Gasteiger partial charge in [-0.1, -0.05) is 29.8 Å². The van der Waals surface area contributed by atoms with Crippen LogP contribution in [0.2, 0.25) is 5.02 Å². The highest BCUT2D eigenvalue weighted by Crippen LogP contribution is 2.22. The number of halogens is 2. The van der Waals surface area contributed by atoms with E-state index in [0.29, 0.717) is 16.9 Å². The standard InChI is InChI=1S/C16H14ClFO2/c1-10-3-4-12(8-16(10)20-2)15(19)7-11-5-6-13(18)9-14(11)17/h3-6,8-9H,7H2,1-2H3. The zero-order valence-corrected chi connectivity index (χ0v) is 12.0. The van der Waals surface area contributed by atoms with E-state index in [0.717, 1.165) is 5.56 Å². The molecule has 0 bridgehead atoms. The Morgan fingerprint density at radius 2 is 2.00 bits per heavy atom. The van der Waals surface area contributed by atoms with Crippen LogP contribution in [0.5, 0.6) is 5.75 Å². The largest absolute Gasteiger partial charge is 0.496 e. The van der Waals surface area contributed by atoms with Gasteiger partial charge in [-0.15, -0.1) is 0 Å². The van der Waals surface area contributed by atoms with Crippen molar-refractivity contribution in [2.45, 2.75) is 13.3 Å². The van der Waals surface area contributed by atoms with Crippen LogP contribution in [0.25, 0.3) is 0 Å². The van der Waals surface area contributed by atoms with Gasteiger partial charge in [0.05, 0.1) is 7.11 Å². The number of rotatable bonds is 4. The van der Waals surface area contributed by atoms with E-state index in [9.17, 15) is 9.18 Å². The fourth-order valence-electron chi connectivity index (χ4n) is 1.93. The molecule has 2 nitrogen and oxygen atoms in total. The van der Waals surface area contributed by atoms with Gasteiger partial charge in [0.15, 0.2) is 5.78 Å². The number of methoxy groups -OCH3 is 1. The Kier molecular flexibility index (Phi) is 4.40. The molecule has 0 aromatic heterocycles. The molecule has 0 N–H and O–H groups in total. The summed E-state index contributed by atoms with van der Waals surface area (Å²) in [5, 5.41) is 0.262. The first-order valence-corrected chi connectivity index (χ1v) is 6.51. The zero-order valence-electron chi connectivity index (χ0n) is 11.2. The first kappa shape index (κ1) is 14.5. The molecule has 0 saturated heterocycles. The summed E-state index contributed by atoms with van der Waals surface area (Å²) in [7, 11) is 1.56. The molecule has 0 aliphatic heterocycles. The minimum atomic E-state index is -0.414. The van der Waals surface area contributed by atoms with Gasteiger partial charge in [-0.05, 0) is 36.2 Å². The molecule has 104 valence electrons. The van der Waals surface area contributed by atoms with Crippen LogP contribution in [0.3, 0.4) is 0 Å². The summed E-state index contributed by atoms with van der Waals surface area (Å²) >= 11 is 5.93. The van der Waals surface area contributed by atoms with Gasteiger partial charge in [-0.25, -0.2) is 4.39 Å². The van der Waals surface area contributed by atoms with Crippen LogP contribution < -0.4 is 4.74 Å². The molecule has 2 aromatic rings. The van der Waals surface area contributed by atoms with Gasteiger partial charge in [-0.2, -0.15) is 0 Å². The molecule has 0 atom stereocenters. The van der Waals surface area contributed by atoms with E-state index in [1.807, 2.05) is 13.0 Å². The molecule has 0 unspecified atom stereocenters. The number of carbonyl (C=O) groups excluding carboxylic acids is 1. The molecule has 0 fully saturated rings. The van der Waals surface area contributed by atoms with E-state index in [4.69, 9.17) is 16.3 Å². The molecule has 0 aliphatic rings. The molecule has 2 rings (SSSR count). The second-order valence-electron chi connectivity index (χ2n) is 4.52. The van der Waals surface area contributed by atoms with E-state index in [1.165, 1.54) is 18.2 Å². The number of ether oxygens (including phenoxy) is 1.